The van der Waals surface area contributed by atoms with Crippen LogP contribution in [0.4, 0.5) is 5.69 Å². The second-order valence-corrected chi connectivity index (χ2v) is 4.28. The van der Waals surface area contributed by atoms with E-state index >= 15 is 0 Å². The van der Waals surface area contributed by atoms with Gasteiger partial charge in [-0.25, -0.2) is 6.57 Å². The highest BCUT2D eigenvalue weighted by molar-refractivity contribution is 5.33. The van der Waals surface area contributed by atoms with Crippen LogP contribution in [0.15, 0.2) is 23.1 Å². The van der Waals surface area contributed by atoms with E-state index in [1.807, 2.05) is 0 Å². The molecule has 1 fully saturated rings. The Balaban J connectivity index is 2.28. The molecule has 1 heterocycles. The maximum atomic E-state index is 11.8. The average Bonchev–Trinajstić information content (AvgIpc) is 2.33. The number of nitrogen functional groups attached to an aromatic ring is 1. The second-order valence-electron chi connectivity index (χ2n) is 4.28. The molecule has 0 radical (unpaired) electrons. The van der Waals surface area contributed by atoms with Crippen molar-refractivity contribution in [3.8, 4) is 0 Å². The Morgan fingerprint density at radius 2 is 2.31 bits per heavy atom. The number of nitrogens with zero attached hydrogens (tertiary/aromatic N) is 2. The lowest BCUT2D eigenvalue weighted by Crippen LogP contribution is -2.30. The summed E-state index contributed by atoms with van der Waals surface area (Å²) in [5.74, 6) is 0. The van der Waals surface area contributed by atoms with Gasteiger partial charge in [0.2, 0.25) is 6.04 Å². The SMILES string of the molecule is [C-]#[N+][C@@H]1CCCC(n2cccc(N)c2=O)C1. The van der Waals surface area contributed by atoms with Gasteiger partial charge in [0.25, 0.3) is 5.56 Å². The molecule has 1 unspecified atom stereocenters. The van der Waals surface area contributed by atoms with Gasteiger partial charge in [-0.1, -0.05) is 0 Å². The van der Waals surface area contributed by atoms with Gasteiger partial charge < -0.3 is 15.1 Å². The normalized spacial score (nSPS) is 24.9. The molecule has 1 aliphatic rings. The molecular formula is C12H15N3O. The monoisotopic (exact) mass is 217 g/mol. The summed E-state index contributed by atoms with van der Waals surface area (Å²) in [5.41, 5.74) is 5.76. The van der Waals surface area contributed by atoms with E-state index in [0.717, 1.165) is 25.7 Å². The highest BCUT2D eigenvalue weighted by atomic mass is 16.1. The lowest BCUT2D eigenvalue weighted by molar-refractivity contribution is 0.335. The minimum Gasteiger partial charge on any atom is -0.394 e. The topological polar surface area (TPSA) is 52.4 Å². The lowest BCUT2D eigenvalue weighted by atomic mass is 9.91. The molecule has 4 heteroatoms. The number of pyridine rings is 1. The number of aromatic nitrogens is 1. The van der Waals surface area contributed by atoms with E-state index < -0.39 is 0 Å². The zero-order chi connectivity index (χ0) is 11.5. The van der Waals surface area contributed by atoms with Crippen LogP contribution in [0, 0.1) is 6.57 Å². The number of hydrogen-bond donors (Lipinski definition) is 1. The average molecular weight is 217 g/mol. The van der Waals surface area contributed by atoms with Gasteiger partial charge in [0.05, 0.1) is 5.69 Å². The minimum absolute atomic E-state index is 0.0621. The fourth-order valence-electron chi connectivity index (χ4n) is 2.32. The molecule has 0 saturated heterocycles. The molecule has 4 nitrogen and oxygen atoms in total. The summed E-state index contributed by atoms with van der Waals surface area (Å²) in [4.78, 5) is 15.4. The molecule has 2 N–H and O–H groups in total. The van der Waals surface area contributed by atoms with E-state index in [4.69, 9.17) is 12.3 Å². The fourth-order valence-corrected chi connectivity index (χ4v) is 2.32. The molecule has 0 aromatic carbocycles. The van der Waals surface area contributed by atoms with Gasteiger partial charge in [-0.3, -0.25) is 4.79 Å². The Hall–Kier alpha value is -1.76. The summed E-state index contributed by atoms with van der Waals surface area (Å²) in [6, 6.07) is 3.61. The number of nitrogens with two attached hydrogens (primary N) is 1. The second kappa shape index (κ2) is 4.40. The molecule has 1 aromatic heterocycles. The van der Waals surface area contributed by atoms with Crippen LogP contribution in [0.1, 0.15) is 31.7 Å². The van der Waals surface area contributed by atoms with Crippen molar-refractivity contribution in [1.29, 1.82) is 0 Å². The third kappa shape index (κ3) is 1.94. The highest BCUT2D eigenvalue weighted by Crippen LogP contribution is 2.29. The zero-order valence-corrected chi connectivity index (χ0v) is 9.10. The maximum Gasteiger partial charge on any atom is 0.273 e. The van der Waals surface area contributed by atoms with Crippen LogP contribution in [-0.2, 0) is 0 Å². The standard InChI is InChI=1S/C12H15N3O/c1-14-9-4-2-5-10(8-9)15-7-3-6-11(13)12(15)16/h3,6-7,9-10H,2,4-5,8,13H2/t9-,10?/m1/s1. The lowest BCUT2D eigenvalue weighted by Gasteiger charge is -2.24. The molecule has 16 heavy (non-hydrogen) atoms. The van der Waals surface area contributed by atoms with Crippen molar-refractivity contribution in [2.45, 2.75) is 37.8 Å². The van der Waals surface area contributed by atoms with Crippen molar-refractivity contribution in [3.63, 3.8) is 0 Å². The molecule has 1 saturated carbocycles. The first-order valence-corrected chi connectivity index (χ1v) is 5.55. The molecule has 1 aromatic rings. The predicted molar refractivity (Wildman–Crippen MR) is 63.0 cm³/mol. The summed E-state index contributed by atoms with van der Waals surface area (Å²) in [6.45, 7) is 7.06. The minimum atomic E-state index is -0.127. The predicted octanol–water partition coefficient (Wildman–Crippen LogP) is 1.83. The van der Waals surface area contributed by atoms with E-state index in [1.165, 1.54) is 0 Å². The van der Waals surface area contributed by atoms with Crippen molar-refractivity contribution in [3.05, 3.63) is 40.1 Å². The van der Waals surface area contributed by atoms with Crippen molar-refractivity contribution >= 4 is 5.69 Å². The summed E-state index contributed by atoms with van der Waals surface area (Å²) in [5, 5.41) is 0. The highest BCUT2D eigenvalue weighted by Gasteiger charge is 2.27. The van der Waals surface area contributed by atoms with Gasteiger partial charge >= 0.3 is 0 Å². The summed E-state index contributed by atoms with van der Waals surface area (Å²) >= 11 is 0. The fraction of sp³-hybridized carbons (Fsp3) is 0.500. The van der Waals surface area contributed by atoms with Crippen molar-refractivity contribution in [2.75, 3.05) is 5.73 Å². The smallest absolute Gasteiger partial charge is 0.273 e. The van der Waals surface area contributed by atoms with E-state index in [-0.39, 0.29) is 23.3 Å². The van der Waals surface area contributed by atoms with Crippen LogP contribution in [0.2, 0.25) is 0 Å². The molecule has 1 aliphatic carbocycles. The largest absolute Gasteiger partial charge is 0.394 e. The van der Waals surface area contributed by atoms with E-state index in [0.29, 0.717) is 0 Å². The van der Waals surface area contributed by atoms with Crippen LogP contribution >= 0.6 is 0 Å². The van der Waals surface area contributed by atoms with Crippen LogP contribution in [0.3, 0.4) is 0 Å². The number of rotatable bonds is 1. The molecule has 0 bridgehead atoms. The quantitative estimate of drug-likeness (QED) is 0.730. The molecular weight excluding hydrogens is 202 g/mol. The molecule has 0 amide bonds. The Morgan fingerprint density at radius 1 is 1.50 bits per heavy atom. The van der Waals surface area contributed by atoms with Crippen LogP contribution in [0.25, 0.3) is 4.85 Å². The Morgan fingerprint density at radius 3 is 3.06 bits per heavy atom. The maximum absolute atomic E-state index is 11.8. The van der Waals surface area contributed by atoms with Crippen molar-refractivity contribution < 1.29 is 0 Å². The van der Waals surface area contributed by atoms with Crippen LogP contribution < -0.4 is 11.3 Å². The summed E-state index contributed by atoms with van der Waals surface area (Å²) < 4.78 is 1.69. The van der Waals surface area contributed by atoms with Gasteiger partial charge in [-0.15, -0.1) is 0 Å². The number of anilines is 1. The van der Waals surface area contributed by atoms with Gasteiger partial charge in [0.15, 0.2) is 0 Å². The van der Waals surface area contributed by atoms with Gasteiger partial charge in [-0.2, -0.15) is 0 Å². The molecule has 2 rings (SSSR count). The van der Waals surface area contributed by atoms with Gasteiger partial charge in [0, 0.05) is 25.1 Å². The first-order chi connectivity index (χ1) is 7.72. The third-order valence-corrected chi connectivity index (χ3v) is 3.20. The summed E-state index contributed by atoms with van der Waals surface area (Å²) in [6.07, 6.45) is 5.48. The Kier molecular flexibility index (Phi) is 2.95. The molecule has 0 spiro atoms. The molecule has 0 aliphatic heterocycles. The van der Waals surface area contributed by atoms with Crippen molar-refractivity contribution in [2.24, 2.45) is 0 Å². The third-order valence-electron chi connectivity index (χ3n) is 3.20. The van der Waals surface area contributed by atoms with Crippen molar-refractivity contribution in [1.82, 2.24) is 4.57 Å². The Labute approximate surface area is 94.5 Å². The van der Waals surface area contributed by atoms with E-state index in [2.05, 4.69) is 4.85 Å². The zero-order valence-electron chi connectivity index (χ0n) is 9.10. The van der Waals surface area contributed by atoms with Gasteiger partial charge in [-0.05, 0) is 25.0 Å². The van der Waals surface area contributed by atoms with Crippen LogP contribution in [-0.4, -0.2) is 10.6 Å². The molecule has 2 atom stereocenters. The van der Waals surface area contributed by atoms with Gasteiger partial charge in [0.1, 0.15) is 0 Å². The first kappa shape index (κ1) is 10.7. The Bertz CT molecular complexity index is 472. The van der Waals surface area contributed by atoms with E-state index in [1.54, 1.807) is 22.9 Å². The molecule has 84 valence electrons. The van der Waals surface area contributed by atoms with Crippen LogP contribution in [0.5, 0.6) is 0 Å². The first-order valence-electron chi connectivity index (χ1n) is 5.55. The van der Waals surface area contributed by atoms with E-state index in [9.17, 15) is 4.79 Å². The number of hydrogen-bond acceptors (Lipinski definition) is 2. The summed E-state index contributed by atoms with van der Waals surface area (Å²) in [7, 11) is 0.